The lowest BCUT2D eigenvalue weighted by Crippen LogP contribution is -2.52. The van der Waals surface area contributed by atoms with Crippen molar-refractivity contribution in [3.05, 3.63) is 54.3 Å². The number of hydrogen-bond donors (Lipinski definition) is 0. The molecule has 3 fully saturated rings. The van der Waals surface area contributed by atoms with Crippen LogP contribution in [0.15, 0.2) is 53.4 Å². The normalized spacial score (nSPS) is 22.7. The molecule has 3 saturated heterocycles. The molecule has 2 amide bonds. The number of carbonyl (C=O) groups is 2. The average molecular weight is 487 g/mol. The number of hydrogen-bond acceptors (Lipinski definition) is 6. The van der Waals surface area contributed by atoms with E-state index in [4.69, 9.17) is 0 Å². The Bertz CT molecular complexity index is 1170. The number of piperazine rings is 1. The molecule has 180 valence electrons. The molecule has 2 aromatic carbocycles. The first kappa shape index (κ1) is 22.9. The summed E-state index contributed by atoms with van der Waals surface area (Å²) in [7, 11) is -3.44. The first-order valence-electron chi connectivity index (χ1n) is 11.6. The lowest BCUT2D eigenvalue weighted by Gasteiger charge is -2.38. The van der Waals surface area contributed by atoms with Crippen molar-refractivity contribution in [3.8, 4) is 0 Å². The summed E-state index contributed by atoms with van der Waals surface area (Å²) >= 11 is 0. The van der Waals surface area contributed by atoms with E-state index in [0.717, 1.165) is 23.4 Å². The zero-order chi connectivity index (χ0) is 23.9. The Balaban J connectivity index is 1.21. The Morgan fingerprint density at radius 1 is 0.765 bits per heavy atom. The highest BCUT2D eigenvalue weighted by Gasteiger charge is 2.43. The summed E-state index contributed by atoms with van der Waals surface area (Å²) < 4.78 is 40.2. The zero-order valence-corrected chi connectivity index (χ0v) is 19.6. The minimum atomic E-state index is -3.44. The highest BCUT2D eigenvalue weighted by molar-refractivity contribution is 7.89. The SMILES string of the molecule is O=C1C[C@@H](N2CCN(c3ccc(S(=O)(=O)N4CCCC4)cc3)CC2)C(=O)N1c1ccc(F)cc1. The van der Waals surface area contributed by atoms with E-state index in [-0.39, 0.29) is 18.2 Å². The molecule has 0 aliphatic carbocycles. The molecule has 1 atom stereocenters. The average Bonchev–Trinajstić information content (AvgIpc) is 3.49. The fourth-order valence-corrected chi connectivity index (χ4v) is 6.48. The number of rotatable bonds is 5. The van der Waals surface area contributed by atoms with Crippen LogP contribution in [0.25, 0.3) is 0 Å². The summed E-state index contributed by atoms with van der Waals surface area (Å²) in [5, 5.41) is 0. The van der Waals surface area contributed by atoms with Crippen LogP contribution in [0.5, 0.6) is 0 Å². The number of anilines is 2. The van der Waals surface area contributed by atoms with Gasteiger partial charge >= 0.3 is 0 Å². The van der Waals surface area contributed by atoms with Gasteiger partial charge in [0.1, 0.15) is 5.82 Å². The molecule has 10 heteroatoms. The van der Waals surface area contributed by atoms with Gasteiger partial charge in [-0.3, -0.25) is 14.5 Å². The standard InChI is InChI=1S/C24H27FN4O4S/c25-18-3-5-20(6-4-18)29-23(30)17-22(24(29)31)27-15-13-26(14-16-27)19-7-9-21(10-8-19)34(32,33)28-11-1-2-12-28/h3-10,22H,1-2,11-17H2/t22-/m1/s1. The van der Waals surface area contributed by atoms with Gasteiger partial charge in [-0.1, -0.05) is 0 Å². The molecule has 3 aliphatic rings. The molecule has 34 heavy (non-hydrogen) atoms. The second-order valence-electron chi connectivity index (χ2n) is 8.89. The summed E-state index contributed by atoms with van der Waals surface area (Å²) in [4.78, 5) is 31.2. The topological polar surface area (TPSA) is 81.2 Å². The van der Waals surface area contributed by atoms with Gasteiger partial charge in [-0.25, -0.2) is 17.7 Å². The fourth-order valence-electron chi connectivity index (χ4n) is 4.96. The smallest absolute Gasteiger partial charge is 0.251 e. The van der Waals surface area contributed by atoms with Crippen molar-refractivity contribution in [2.75, 3.05) is 49.1 Å². The molecule has 2 aromatic rings. The van der Waals surface area contributed by atoms with Gasteiger partial charge in [0.15, 0.2) is 0 Å². The van der Waals surface area contributed by atoms with Crippen LogP contribution in [0.2, 0.25) is 0 Å². The fraction of sp³-hybridized carbons (Fsp3) is 0.417. The van der Waals surface area contributed by atoms with E-state index in [1.165, 1.54) is 28.6 Å². The highest BCUT2D eigenvalue weighted by Crippen LogP contribution is 2.28. The maximum atomic E-state index is 13.2. The summed E-state index contributed by atoms with van der Waals surface area (Å²) in [6, 6.07) is 11.8. The number of imide groups is 1. The number of benzene rings is 2. The molecule has 0 unspecified atom stereocenters. The van der Waals surface area contributed by atoms with Crippen LogP contribution in [0.1, 0.15) is 19.3 Å². The minimum absolute atomic E-state index is 0.110. The zero-order valence-electron chi connectivity index (χ0n) is 18.8. The molecule has 0 aromatic heterocycles. The maximum Gasteiger partial charge on any atom is 0.251 e. The summed E-state index contributed by atoms with van der Waals surface area (Å²) in [5.41, 5.74) is 1.32. The molecule has 0 radical (unpaired) electrons. The monoisotopic (exact) mass is 486 g/mol. The van der Waals surface area contributed by atoms with Gasteiger partial charge < -0.3 is 4.90 Å². The van der Waals surface area contributed by atoms with E-state index in [2.05, 4.69) is 4.90 Å². The van der Waals surface area contributed by atoms with E-state index in [1.54, 1.807) is 12.1 Å². The van der Waals surface area contributed by atoms with Crippen molar-refractivity contribution >= 4 is 33.2 Å². The molecular weight excluding hydrogens is 459 g/mol. The second kappa shape index (κ2) is 9.09. The van der Waals surface area contributed by atoms with Gasteiger partial charge in [-0.15, -0.1) is 0 Å². The van der Waals surface area contributed by atoms with Crippen molar-refractivity contribution in [2.24, 2.45) is 0 Å². The molecule has 3 heterocycles. The number of carbonyl (C=O) groups excluding carboxylic acids is 2. The Morgan fingerprint density at radius 3 is 1.97 bits per heavy atom. The molecule has 8 nitrogen and oxygen atoms in total. The van der Waals surface area contributed by atoms with Gasteiger partial charge in [0.25, 0.3) is 5.91 Å². The predicted molar refractivity (Wildman–Crippen MR) is 126 cm³/mol. The van der Waals surface area contributed by atoms with E-state index in [0.29, 0.717) is 49.9 Å². The van der Waals surface area contributed by atoms with Crippen LogP contribution in [-0.2, 0) is 19.6 Å². The summed E-state index contributed by atoms with van der Waals surface area (Å²) in [5.74, 6) is -0.974. The van der Waals surface area contributed by atoms with Crippen LogP contribution < -0.4 is 9.80 Å². The lowest BCUT2D eigenvalue weighted by molar-refractivity contribution is -0.123. The Morgan fingerprint density at radius 2 is 1.35 bits per heavy atom. The Labute approximate surface area is 198 Å². The van der Waals surface area contributed by atoms with Crippen molar-refractivity contribution in [1.82, 2.24) is 9.21 Å². The van der Waals surface area contributed by atoms with Crippen LogP contribution in [-0.4, -0.2) is 74.7 Å². The van der Waals surface area contributed by atoms with Gasteiger partial charge in [0.05, 0.1) is 23.0 Å². The third-order valence-corrected chi connectivity index (χ3v) is 8.78. The van der Waals surface area contributed by atoms with Gasteiger partial charge in [-0.05, 0) is 61.4 Å². The van der Waals surface area contributed by atoms with E-state index in [1.807, 2.05) is 17.0 Å². The lowest BCUT2D eigenvalue weighted by atomic mass is 10.1. The maximum absolute atomic E-state index is 13.2. The first-order chi connectivity index (χ1) is 16.3. The number of sulfonamides is 1. The van der Waals surface area contributed by atoms with Crippen molar-refractivity contribution < 1.29 is 22.4 Å². The van der Waals surface area contributed by atoms with Crippen molar-refractivity contribution in [1.29, 1.82) is 0 Å². The largest absolute Gasteiger partial charge is 0.369 e. The number of halogens is 1. The van der Waals surface area contributed by atoms with E-state index >= 15 is 0 Å². The third kappa shape index (κ3) is 4.21. The van der Waals surface area contributed by atoms with Gasteiger partial charge in [0, 0.05) is 45.0 Å². The van der Waals surface area contributed by atoms with Crippen molar-refractivity contribution in [2.45, 2.75) is 30.2 Å². The van der Waals surface area contributed by atoms with E-state index < -0.39 is 21.9 Å². The van der Waals surface area contributed by atoms with Crippen LogP contribution in [0.4, 0.5) is 15.8 Å². The van der Waals surface area contributed by atoms with Gasteiger partial charge in [0.2, 0.25) is 15.9 Å². The summed E-state index contributed by atoms with van der Waals surface area (Å²) in [6.07, 6.45) is 1.91. The quantitative estimate of drug-likeness (QED) is 0.602. The molecular formula is C24H27FN4O4S. The van der Waals surface area contributed by atoms with Crippen LogP contribution in [0.3, 0.4) is 0 Å². The molecule has 0 spiro atoms. The highest BCUT2D eigenvalue weighted by atomic mass is 32.2. The van der Waals surface area contributed by atoms with Crippen LogP contribution >= 0.6 is 0 Å². The predicted octanol–water partition coefficient (Wildman–Crippen LogP) is 2.06. The van der Waals surface area contributed by atoms with E-state index in [9.17, 15) is 22.4 Å². The summed E-state index contributed by atoms with van der Waals surface area (Å²) in [6.45, 7) is 3.68. The third-order valence-electron chi connectivity index (χ3n) is 6.87. The molecule has 3 aliphatic heterocycles. The van der Waals surface area contributed by atoms with Gasteiger partial charge in [-0.2, -0.15) is 4.31 Å². The number of amides is 2. The molecule has 0 saturated carbocycles. The molecule has 0 bridgehead atoms. The first-order valence-corrected chi connectivity index (χ1v) is 13.0. The minimum Gasteiger partial charge on any atom is -0.369 e. The second-order valence-corrected chi connectivity index (χ2v) is 10.8. The molecule has 0 N–H and O–H groups in total. The molecule has 5 rings (SSSR count). The van der Waals surface area contributed by atoms with Crippen LogP contribution in [0, 0.1) is 5.82 Å². The number of nitrogens with zero attached hydrogens (tertiary/aromatic N) is 4. The Hall–Kier alpha value is -2.82. The Kier molecular flexibility index (Phi) is 6.13. The van der Waals surface area contributed by atoms with Crippen molar-refractivity contribution in [3.63, 3.8) is 0 Å².